The molecule has 1 aliphatic heterocycles. The lowest BCUT2D eigenvalue weighted by atomic mass is 10.1. The van der Waals surface area contributed by atoms with E-state index >= 15 is 0 Å². The molecule has 1 aromatic heterocycles. The highest BCUT2D eigenvalue weighted by Crippen LogP contribution is 2.22. The predicted octanol–water partition coefficient (Wildman–Crippen LogP) is 2.79. The summed E-state index contributed by atoms with van der Waals surface area (Å²) < 4.78 is 39.0. The Morgan fingerprint density at radius 2 is 2.00 bits per heavy atom. The maximum Gasteiger partial charge on any atom is 0.401 e. The molecule has 0 bridgehead atoms. The summed E-state index contributed by atoms with van der Waals surface area (Å²) >= 11 is 0. The van der Waals surface area contributed by atoms with Gasteiger partial charge in [0.15, 0.2) is 0 Å². The molecular weight excluding hydrogens is 345 g/mol. The summed E-state index contributed by atoms with van der Waals surface area (Å²) in [6.07, 6.45) is -1.81. The Bertz CT molecular complexity index is 755. The van der Waals surface area contributed by atoms with E-state index in [9.17, 15) is 18.0 Å². The zero-order valence-corrected chi connectivity index (χ0v) is 14.5. The number of carbonyl (C=O) groups is 1. The molecule has 1 atom stereocenters. The van der Waals surface area contributed by atoms with E-state index < -0.39 is 12.7 Å². The molecule has 5 nitrogen and oxygen atoms in total. The summed E-state index contributed by atoms with van der Waals surface area (Å²) in [5.74, 6) is -0.171. The maximum atomic E-state index is 12.4. The third-order valence-electron chi connectivity index (χ3n) is 4.53. The van der Waals surface area contributed by atoms with Gasteiger partial charge in [0, 0.05) is 30.5 Å². The second kappa shape index (κ2) is 7.49. The van der Waals surface area contributed by atoms with Crippen molar-refractivity contribution in [2.24, 2.45) is 5.92 Å². The molecule has 3 rings (SSSR count). The van der Waals surface area contributed by atoms with Crippen molar-refractivity contribution >= 4 is 5.91 Å². The van der Waals surface area contributed by atoms with Crippen molar-refractivity contribution in [2.75, 3.05) is 26.2 Å². The van der Waals surface area contributed by atoms with Gasteiger partial charge >= 0.3 is 6.18 Å². The van der Waals surface area contributed by atoms with Gasteiger partial charge in [0.25, 0.3) is 5.91 Å². The van der Waals surface area contributed by atoms with Crippen LogP contribution in [0.25, 0.3) is 5.69 Å². The molecule has 2 aromatic rings. The minimum atomic E-state index is -4.17. The van der Waals surface area contributed by atoms with Crippen LogP contribution in [0.2, 0.25) is 0 Å². The Balaban J connectivity index is 1.51. The summed E-state index contributed by atoms with van der Waals surface area (Å²) in [4.78, 5) is 13.6. The first kappa shape index (κ1) is 18.4. The minimum Gasteiger partial charge on any atom is -0.352 e. The SMILES string of the molecule is Cc1ccnn1-c1ccc(C(=O)NCC2CCN(CC(F)(F)F)C2)cc1. The van der Waals surface area contributed by atoms with Crippen LogP contribution in [0.3, 0.4) is 0 Å². The number of hydrogen-bond acceptors (Lipinski definition) is 3. The molecule has 1 aliphatic rings. The van der Waals surface area contributed by atoms with Crippen molar-refractivity contribution in [3.63, 3.8) is 0 Å². The molecule has 0 aliphatic carbocycles. The monoisotopic (exact) mass is 366 g/mol. The van der Waals surface area contributed by atoms with Gasteiger partial charge in [0.1, 0.15) is 0 Å². The van der Waals surface area contributed by atoms with E-state index in [4.69, 9.17) is 0 Å². The zero-order valence-electron chi connectivity index (χ0n) is 14.5. The van der Waals surface area contributed by atoms with E-state index in [0.29, 0.717) is 31.6 Å². The van der Waals surface area contributed by atoms with Crippen molar-refractivity contribution in [3.05, 3.63) is 47.8 Å². The number of hydrogen-bond donors (Lipinski definition) is 1. The Morgan fingerprint density at radius 3 is 2.62 bits per heavy atom. The van der Waals surface area contributed by atoms with Crippen LogP contribution in [0, 0.1) is 12.8 Å². The smallest absolute Gasteiger partial charge is 0.352 e. The molecule has 1 N–H and O–H groups in total. The fraction of sp³-hybridized carbons (Fsp3) is 0.444. The van der Waals surface area contributed by atoms with Crippen molar-refractivity contribution in [3.8, 4) is 5.69 Å². The van der Waals surface area contributed by atoms with Gasteiger partial charge in [0.2, 0.25) is 0 Å². The molecule has 1 fully saturated rings. The average molecular weight is 366 g/mol. The van der Waals surface area contributed by atoms with Crippen LogP contribution in [0.4, 0.5) is 13.2 Å². The van der Waals surface area contributed by atoms with E-state index in [2.05, 4.69) is 10.4 Å². The van der Waals surface area contributed by atoms with Gasteiger partial charge in [0.05, 0.1) is 12.2 Å². The Morgan fingerprint density at radius 1 is 1.27 bits per heavy atom. The standard InChI is InChI=1S/C18H21F3N4O/c1-13-6-8-23-25(13)16-4-2-15(3-5-16)17(26)22-10-14-7-9-24(11-14)12-18(19,20)21/h2-6,8,14H,7,9-12H2,1H3,(H,22,26). The highest BCUT2D eigenvalue weighted by atomic mass is 19.4. The number of likely N-dealkylation sites (tertiary alicyclic amines) is 1. The van der Waals surface area contributed by atoms with Crippen LogP contribution in [0.15, 0.2) is 36.5 Å². The Kier molecular flexibility index (Phi) is 5.31. The highest BCUT2D eigenvalue weighted by Gasteiger charge is 2.34. The van der Waals surface area contributed by atoms with Crippen LogP contribution in [0.1, 0.15) is 22.5 Å². The maximum absolute atomic E-state index is 12.4. The number of amides is 1. The minimum absolute atomic E-state index is 0.0484. The molecule has 8 heteroatoms. The first-order chi connectivity index (χ1) is 12.3. The third kappa shape index (κ3) is 4.63. The molecule has 1 saturated heterocycles. The summed E-state index contributed by atoms with van der Waals surface area (Å²) in [5.41, 5.74) is 2.37. The quantitative estimate of drug-likeness (QED) is 0.885. The van der Waals surface area contributed by atoms with Crippen molar-refractivity contribution in [1.82, 2.24) is 20.0 Å². The predicted molar refractivity (Wildman–Crippen MR) is 91.2 cm³/mol. The van der Waals surface area contributed by atoms with Gasteiger partial charge in [-0.15, -0.1) is 0 Å². The first-order valence-electron chi connectivity index (χ1n) is 8.50. The number of nitrogens with zero attached hydrogens (tertiary/aromatic N) is 3. The van der Waals surface area contributed by atoms with E-state index in [-0.39, 0.29) is 11.8 Å². The van der Waals surface area contributed by atoms with Crippen molar-refractivity contribution in [1.29, 1.82) is 0 Å². The molecular formula is C18H21F3N4O. The van der Waals surface area contributed by atoms with Crippen LogP contribution >= 0.6 is 0 Å². The number of alkyl halides is 3. The van der Waals surface area contributed by atoms with Crippen LogP contribution in [-0.2, 0) is 0 Å². The fourth-order valence-corrected chi connectivity index (χ4v) is 3.21. The molecule has 0 radical (unpaired) electrons. The number of aryl methyl sites for hydroxylation is 1. The molecule has 0 saturated carbocycles. The highest BCUT2D eigenvalue weighted by molar-refractivity contribution is 5.94. The van der Waals surface area contributed by atoms with E-state index in [0.717, 1.165) is 11.4 Å². The van der Waals surface area contributed by atoms with Crippen LogP contribution in [-0.4, -0.2) is 52.9 Å². The molecule has 1 aromatic carbocycles. The molecule has 1 unspecified atom stereocenters. The molecule has 26 heavy (non-hydrogen) atoms. The summed E-state index contributed by atoms with van der Waals surface area (Å²) in [7, 11) is 0. The summed E-state index contributed by atoms with van der Waals surface area (Å²) in [6.45, 7) is 2.21. The van der Waals surface area contributed by atoms with Crippen LogP contribution < -0.4 is 5.32 Å². The lowest BCUT2D eigenvalue weighted by molar-refractivity contribution is -0.143. The fourth-order valence-electron chi connectivity index (χ4n) is 3.21. The second-order valence-corrected chi connectivity index (χ2v) is 6.65. The topological polar surface area (TPSA) is 50.2 Å². The number of carbonyl (C=O) groups excluding carboxylic acids is 1. The largest absolute Gasteiger partial charge is 0.401 e. The van der Waals surface area contributed by atoms with Gasteiger partial charge in [-0.2, -0.15) is 18.3 Å². The third-order valence-corrected chi connectivity index (χ3v) is 4.53. The molecule has 1 amide bonds. The van der Waals surface area contributed by atoms with Gasteiger partial charge in [-0.1, -0.05) is 0 Å². The molecule has 0 spiro atoms. The van der Waals surface area contributed by atoms with Gasteiger partial charge in [-0.05, 0) is 56.1 Å². The Labute approximate surface area is 149 Å². The molecule has 140 valence electrons. The zero-order chi connectivity index (χ0) is 18.7. The van der Waals surface area contributed by atoms with Gasteiger partial charge < -0.3 is 5.32 Å². The Hall–Kier alpha value is -2.35. The average Bonchev–Trinajstić information content (AvgIpc) is 3.20. The lowest BCUT2D eigenvalue weighted by Gasteiger charge is -2.18. The number of nitrogens with one attached hydrogen (secondary N) is 1. The molecule has 2 heterocycles. The van der Waals surface area contributed by atoms with Gasteiger partial charge in [-0.3, -0.25) is 9.69 Å². The van der Waals surface area contributed by atoms with E-state index in [1.54, 1.807) is 23.0 Å². The van der Waals surface area contributed by atoms with Crippen LogP contribution in [0.5, 0.6) is 0 Å². The first-order valence-corrected chi connectivity index (χ1v) is 8.50. The second-order valence-electron chi connectivity index (χ2n) is 6.65. The normalized spacial score (nSPS) is 18.2. The summed E-state index contributed by atoms with van der Waals surface area (Å²) in [6, 6.07) is 8.96. The number of rotatable bonds is 5. The van der Waals surface area contributed by atoms with Crippen molar-refractivity contribution < 1.29 is 18.0 Å². The van der Waals surface area contributed by atoms with Crippen molar-refractivity contribution in [2.45, 2.75) is 19.5 Å². The van der Waals surface area contributed by atoms with Gasteiger partial charge in [-0.25, -0.2) is 4.68 Å². The summed E-state index contributed by atoms with van der Waals surface area (Å²) in [5, 5.41) is 7.03. The number of aromatic nitrogens is 2. The number of benzene rings is 1. The number of halogens is 3. The van der Waals surface area contributed by atoms with E-state index in [1.807, 2.05) is 25.1 Å². The lowest BCUT2D eigenvalue weighted by Crippen LogP contribution is -2.34. The van der Waals surface area contributed by atoms with E-state index in [1.165, 1.54) is 4.90 Å².